The molecule has 0 saturated carbocycles. The molecule has 0 aliphatic rings. The Hall–Kier alpha value is -3.35. The Morgan fingerprint density at radius 3 is 2.92 bits per heavy atom. The van der Waals surface area contributed by atoms with E-state index < -0.39 is 5.82 Å². The van der Waals surface area contributed by atoms with Gasteiger partial charge in [0.15, 0.2) is 0 Å². The van der Waals surface area contributed by atoms with Crippen molar-refractivity contribution in [1.29, 1.82) is 0 Å². The molecule has 0 saturated heterocycles. The van der Waals surface area contributed by atoms with Crippen molar-refractivity contribution in [2.75, 3.05) is 0 Å². The largest absolute Gasteiger partial charge is 0.346 e. The van der Waals surface area contributed by atoms with Gasteiger partial charge in [0.1, 0.15) is 11.4 Å². The zero-order valence-electron chi connectivity index (χ0n) is 14.0. The summed E-state index contributed by atoms with van der Waals surface area (Å²) >= 11 is 0. The summed E-state index contributed by atoms with van der Waals surface area (Å²) in [4.78, 5) is 21.2. The van der Waals surface area contributed by atoms with E-state index in [1.54, 1.807) is 36.8 Å². The van der Waals surface area contributed by atoms with Crippen LogP contribution in [0.2, 0.25) is 0 Å². The lowest BCUT2D eigenvalue weighted by molar-refractivity contribution is 0.431. The number of rotatable bonds is 4. The molecule has 3 heterocycles. The van der Waals surface area contributed by atoms with Crippen LogP contribution in [-0.2, 0) is 6.54 Å². The van der Waals surface area contributed by atoms with Crippen molar-refractivity contribution < 1.29 is 8.91 Å². The number of fused-ring (bicyclic) bond motifs is 1. The van der Waals surface area contributed by atoms with Crippen LogP contribution in [0.5, 0.6) is 0 Å². The molecular formula is C19H15FN4O2. The number of hydrogen-bond donors (Lipinski definition) is 0. The van der Waals surface area contributed by atoms with E-state index >= 15 is 0 Å². The van der Waals surface area contributed by atoms with Crippen molar-refractivity contribution in [2.45, 2.75) is 19.9 Å². The summed E-state index contributed by atoms with van der Waals surface area (Å²) < 4.78 is 20.9. The molecule has 0 aliphatic heterocycles. The van der Waals surface area contributed by atoms with E-state index in [2.05, 4.69) is 15.1 Å². The predicted molar refractivity (Wildman–Crippen MR) is 95.0 cm³/mol. The summed E-state index contributed by atoms with van der Waals surface area (Å²) in [6.45, 7) is 2.71. The third-order valence-corrected chi connectivity index (χ3v) is 4.08. The lowest BCUT2D eigenvalue weighted by atomic mass is 10.1. The third-order valence-electron chi connectivity index (χ3n) is 4.08. The second-order valence-electron chi connectivity index (χ2n) is 5.89. The van der Waals surface area contributed by atoms with Gasteiger partial charge in [-0.1, -0.05) is 12.1 Å². The van der Waals surface area contributed by atoms with Gasteiger partial charge >= 0.3 is 0 Å². The maximum Gasteiger partial charge on any atom is 0.263 e. The highest BCUT2D eigenvalue weighted by Gasteiger charge is 2.17. The predicted octanol–water partition coefficient (Wildman–Crippen LogP) is 3.66. The van der Waals surface area contributed by atoms with Gasteiger partial charge in [-0.2, -0.15) is 4.98 Å². The number of pyridine rings is 2. The highest BCUT2D eigenvalue weighted by molar-refractivity contribution is 5.83. The molecule has 4 aromatic rings. The molecule has 0 bridgehead atoms. The molecule has 0 radical (unpaired) electrons. The second-order valence-corrected chi connectivity index (χ2v) is 5.89. The van der Waals surface area contributed by atoms with Gasteiger partial charge in [0.05, 0.1) is 5.52 Å². The van der Waals surface area contributed by atoms with E-state index in [4.69, 9.17) is 4.52 Å². The van der Waals surface area contributed by atoms with Crippen molar-refractivity contribution in [3.05, 3.63) is 65.0 Å². The highest BCUT2D eigenvalue weighted by Crippen LogP contribution is 2.22. The molecule has 0 unspecified atom stereocenters. The van der Waals surface area contributed by atoms with Crippen LogP contribution < -0.4 is 5.43 Å². The molecule has 7 heteroatoms. The van der Waals surface area contributed by atoms with Gasteiger partial charge in [0.25, 0.3) is 5.89 Å². The van der Waals surface area contributed by atoms with Gasteiger partial charge in [0.2, 0.25) is 11.3 Å². The van der Waals surface area contributed by atoms with Gasteiger partial charge < -0.3 is 9.09 Å². The molecule has 1 aromatic carbocycles. The Morgan fingerprint density at radius 2 is 2.15 bits per heavy atom. The second kappa shape index (κ2) is 6.51. The average molecular weight is 350 g/mol. The fourth-order valence-corrected chi connectivity index (χ4v) is 2.89. The number of hydrogen-bond acceptors (Lipinski definition) is 5. The summed E-state index contributed by atoms with van der Waals surface area (Å²) in [5, 5.41) is 4.22. The molecule has 3 aromatic heterocycles. The zero-order valence-corrected chi connectivity index (χ0v) is 14.0. The van der Waals surface area contributed by atoms with Crippen molar-refractivity contribution in [3.8, 4) is 22.8 Å². The minimum absolute atomic E-state index is 0.102. The molecule has 0 spiro atoms. The van der Waals surface area contributed by atoms with E-state index in [9.17, 15) is 9.18 Å². The fourth-order valence-electron chi connectivity index (χ4n) is 2.89. The Morgan fingerprint density at radius 1 is 1.27 bits per heavy atom. The van der Waals surface area contributed by atoms with Crippen molar-refractivity contribution in [3.63, 3.8) is 0 Å². The molecule has 0 atom stereocenters. The first-order valence-electron chi connectivity index (χ1n) is 8.24. The topological polar surface area (TPSA) is 73.8 Å². The minimum Gasteiger partial charge on any atom is -0.346 e. The Kier molecular flexibility index (Phi) is 4.04. The van der Waals surface area contributed by atoms with Gasteiger partial charge in [-0.3, -0.25) is 9.78 Å². The van der Waals surface area contributed by atoms with Crippen LogP contribution in [0.15, 0.2) is 58.2 Å². The molecular weight excluding hydrogens is 335 g/mol. The van der Waals surface area contributed by atoms with Crippen molar-refractivity contribution >= 4 is 10.9 Å². The SMILES string of the molecule is CCCn1cc(-c2nc(-c3cccnc3)no2)c(=O)c2cc(F)ccc21. The number of halogens is 1. The van der Waals surface area contributed by atoms with Crippen LogP contribution >= 0.6 is 0 Å². The molecule has 4 rings (SSSR count). The summed E-state index contributed by atoms with van der Waals surface area (Å²) in [5.41, 5.74) is 1.27. The maximum absolute atomic E-state index is 13.7. The van der Waals surface area contributed by atoms with Crippen LogP contribution in [0, 0.1) is 5.82 Å². The minimum atomic E-state index is -0.462. The van der Waals surface area contributed by atoms with Crippen molar-refractivity contribution in [2.24, 2.45) is 0 Å². The highest BCUT2D eigenvalue weighted by atomic mass is 19.1. The van der Waals surface area contributed by atoms with E-state index in [0.717, 1.165) is 6.42 Å². The van der Waals surface area contributed by atoms with Crippen LogP contribution in [-0.4, -0.2) is 19.7 Å². The number of nitrogens with zero attached hydrogens (tertiary/aromatic N) is 4. The lowest BCUT2D eigenvalue weighted by Crippen LogP contribution is -2.12. The van der Waals surface area contributed by atoms with Crippen molar-refractivity contribution in [1.82, 2.24) is 19.7 Å². The number of benzene rings is 1. The molecule has 26 heavy (non-hydrogen) atoms. The summed E-state index contributed by atoms with van der Waals surface area (Å²) in [6, 6.07) is 7.76. The smallest absolute Gasteiger partial charge is 0.263 e. The normalized spacial score (nSPS) is 11.2. The first kappa shape index (κ1) is 16.1. The summed E-state index contributed by atoms with van der Waals surface area (Å²) in [5.74, 6) is -0.0184. The quantitative estimate of drug-likeness (QED) is 0.561. The average Bonchev–Trinajstić information content (AvgIpc) is 3.15. The Labute approximate surface area is 147 Å². The maximum atomic E-state index is 13.7. The Balaban J connectivity index is 1.90. The van der Waals surface area contributed by atoms with Gasteiger partial charge in [-0.15, -0.1) is 0 Å². The monoisotopic (exact) mass is 350 g/mol. The standard InChI is InChI=1S/C19H15FN4O2/c1-2-8-24-11-15(17(25)14-9-13(20)5-6-16(14)24)19-22-18(23-26-19)12-4-3-7-21-10-12/h3-7,9-11H,2,8H2,1H3. The Bertz CT molecular complexity index is 1140. The molecule has 0 aliphatic carbocycles. The van der Waals surface area contributed by atoms with Crippen LogP contribution in [0.3, 0.4) is 0 Å². The molecule has 0 fully saturated rings. The lowest BCUT2D eigenvalue weighted by Gasteiger charge is -2.11. The van der Waals surface area contributed by atoms with Crippen LogP contribution in [0.4, 0.5) is 4.39 Å². The van der Waals surface area contributed by atoms with Gasteiger partial charge in [0, 0.05) is 36.1 Å². The van der Waals surface area contributed by atoms with E-state index in [-0.39, 0.29) is 22.3 Å². The number of aryl methyl sites for hydroxylation is 1. The zero-order chi connectivity index (χ0) is 18.1. The molecule has 0 N–H and O–H groups in total. The van der Waals surface area contributed by atoms with E-state index in [0.29, 0.717) is 23.4 Å². The van der Waals surface area contributed by atoms with Crippen LogP contribution in [0.1, 0.15) is 13.3 Å². The van der Waals surface area contributed by atoms with Gasteiger partial charge in [-0.05, 0) is 36.8 Å². The fraction of sp³-hybridized carbons (Fsp3) is 0.158. The summed E-state index contributed by atoms with van der Waals surface area (Å²) in [7, 11) is 0. The first-order chi connectivity index (χ1) is 12.7. The number of aromatic nitrogens is 4. The first-order valence-corrected chi connectivity index (χ1v) is 8.24. The van der Waals surface area contributed by atoms with Crippen LogP contribution in [0.25, 0.3) is 33.7 Å². The third kappa shape index (κ3) is 2.77. The van der Waals surface area contributed by atoms with E-state index in [1.807, 2.05) is 11.5 Å². The van der Waals surface area contributed by atoms with E-state index in [1.165, 1.54) is 12.1 Å². The molecule has 130 valence electrons. The summed E-state index contributed by atoms with van der Waals surface area (Å²) in [6.07, 6.45) is 5.80. The molecule has 0 amide bonds. The van der Waals surface area contributed by atoms with Gasteiger partial charge in [-0.25, -0.2) is 4.39 Å². The molecule has 6 nitrogen and oxygen atoms in total.